The van der Waals surface area contributed by atoms with E-state index in [0.29, 0.717) is 19.7 Å². The minimum atomic E-state index is 0.0588. The Bertz CT molecular complexity index is 751. The lowest BCUT2D eigenvalue weighted by Gasteiger charge is -2.09. The van der Waals surface area contributed by atoms with Crippen LogP contribution in [-0.2, 0) is 13.1 Å². The van der Waals surface area contributed by atoms with Crippen molar-refractivity contribution in [1.82, 2.24) is 9.78 Å². The zero-order valence-electron chi connectivity index (χ0n) is 13.6. The Morgan fingerprint density at radius 1 is 1.25 bits per heavy atom. The van der Waals surface area contributed by atoms with Gasteiger partial charge >= 0.3 is 0 Å². The van der Waals surface area contributed by atoms with E-state index in [1.807, 2.05) is 59.5 Å². The van der Waals surface area contributed by atoms with Crippen LogP contribution in [0.4, 0.5) is 5.82 Å². The van der Waals surface area contributed by atoms with Crippen molar-refractivity contribution < 1.29 is 9.84 Å². The van der Waals surface area contributed by atoms with E-state index in [2.05, 4.69) is 10.4 Å². The maximum Gasteiger partial charge on any atom is 0.125 e. The van der Waals surface area contributed by atoms with Crippen LogP contribution in [0.5, 0.6) is 5.75 Å². The molecular formula is C18H21N3O2S. The zero-order valence-corrected chi connectivity index (χ0v) is 14.4. The predicted molar refractivity (Wildman–Crippen MR) is 97.6 cm³/mol. The lowest BCUT2D eigenvalue weighted by molar-refractivity contribution is 0.270. The highest BCUT2D eigenvalue weighted by Crippen LogP contribution is 2.26. The summed E-state index contributed by atoms with van der Waals surface area (Å²) in [5.41, 5.74) is 2.08. The summed E-state index contributed by atoms with van der Waals surface area (Å²) in [5.74, 6) is 1.79. The van der Waals surface area contributed by atoms with Crippen LogP contribution in [0.3, 0.4) is 0 Å². The predicted octanol–water partition coefficient (Wildman–Crippen LogP) is 3.61. The average molecular weight is 343 g/mol. The molecule has 0 unspecified atom stereocenters. The van der Waals surface area contributed by atoms with Gasteiger partial charge in [-0.2, -0.15) is 5.10 Å². The van der Waals surface area contributed by atoms with Gasteiger partial charge in [0.2, 0.25) is 0 Å². The van der Waals surface area contributed by atoms with E-state index in [-0.39, 0.29) is 6.61 Å². The van der Waals surface area contributed by atoms with Crippen LogP contribution < -0.4 is 10.1 Å². The third kappa shape index (κ3) is 3.96. The summed E-state index contributed by atoms with van der Waals surface area (Å²) in [7, 11) is 0. The van der Waals surface area contributed by atoms with Crippen molar-refractivity contribution in [1.29, 1.82) is 0 Å². The molecular weight excluding hydrogens is 322 g/mol. The summed E-state index contributed by atoms with van der Waals surface area (Å²) in [6.07, 6.45) is 0. The molecule has 0 saturated heterocycles. The third-order valence-corrected chi connectivity index (χ3v) is 4.47. The molecule has 0 bridgehead atoms. The van der Waals surface area contributed by atoms with Gasteiger partial charge in [-0.05, 0) is 36.1 Å². The molecule has 2 heterocycles. The zero-order chi connectivity index (χ0) is 16.8. The molecule has 2 N–H and O–H groups in total. The molecule has 126 valence electrons. The quantitative estimate of drug-likeness (QED) is 0.656. The summed E-state index contributed by atoms with van der Waals surface area (Å²) in [6, 6.07) is 14.1. The highest BCUT2D eigenvalue weighted by molar-refractivity contribution is 7.13. The van der Waals surface area contributed by atoms with Gasteiger partial charge in [0.15, 0.2) is 0 Å². The molecule has 0 aliphatic heterocycles. The van der Waals surface area contributed by atoms with Crippen LogP contribution >= 0.6 is 11.3 Å². The number of benzene rings is 1. The second kappa shape index (κ2) is 7.99. The van der Waals surface area contributed by atoms with Gasteiger partial charge < -0.3 is 15.2 Å². The summed E-state index contributed by atoms with van der Waals surface area (Å²) < 4.78 is 7.27. The monoisotopic (exact) mass is 343 g/mol. The molecule has 3 rings (SSSR count). The molecule has 0 atom stereocenters. The summed E-state index contributed by atoms with van der Waals surface area (Å²) >= 11 is 1.66. The summed E-state index contributed by atoms with van der Waals surface area (Å²) in [5, 5.41) is 19.3. The molecule has 0 aliphatic rings. The van der Waals surface area contributed by atoms with Crippen molar-refractivity contribution in [3.05, 3.63) is 53.4 Å². The molecule has 6 heteroatoms. The Balaban J connectivity index is 1.71. The van der Waals surface area contributed by atoms with Crippen molar-refractivity contribution >= 4 is 17.2 Å². The van der Waals surface area contributed by atoms with Gasteiger partial charge in [0, 0.05) is 12.6 Å². The molecule has 5 nitrogen and oxygen atoms in total. The number of rotatable bonds is 8. The molecule has 0 amide bonds. The van der Waals surface area contributed by atoms with Crippen LogP contribution in [0.15, 0.2) is 47.8 Å². The minimum Gasteiger partial charge on any atom is -0.494 e. The van der Waals surface area contributed by atoms with Gasteiger partial charge in [-0.25, -0.2) is 4.68 Å². The standard InChI is InChI=1S/C18H21N3O2S/c1-2-23-15-7-5-14(6-8-15)13-19-18-12-16(17-4-3-11-24-17)20-21(18)9-10-22/h3-8,11-12,19,22H,2,9-10,13H2,1H3. The number of hydrogen-bond donors (Lipinski definition) is 2. The molecule has 3 aromatic rings. The van der Waals surface area contributed by atoms with E-state index in [9.17, 15) is 5.11 Å². The number of ether oxygens (including phenoxy) is 1. The molecule has 0 radical (unpaired) electrons. The smallest absolute Gasteiger partial charge is 0.125 e. The first kappa shape index (κ1) is 16.5. The second-order valence-corrected chi connectivity index (χ2v) is 6.22. The number of nitrogens with one attached hydrogen (secondary N) is 1. The molecule has 2 aromatic heterocycles. The average Bonchev–Trinajstić information content (AvgIpc) is 3.25. The number of nitrogens with zero attached hydrogens (tertiary/aromatic N) is 2. The van der Waals surface area contributed by atoms with Crippen molar-refractivity contribution in [2.75, 3.05) is 18.5 Å². The minimum absolute atomic E-state index is 0.0588. The first-order chi connectivity index (χ1) is 11.8. The SMILES string of the molecule is CCOc1ccc(CNc2cc(-c3cccs3)nn2CCO)cc1. The number of aliphatic hydroxyl groups is 1. The Labute approximate surface area is 145 Å². The second-order valence-electron chi connectivity index (χ2n) is 5.27. The molecule has 0 aliphatic carbocycles. The Kier molecular flexibility index (Phi) is 5.51. The van der Waals surface area contributed by atoms with Crippen molar-refractivity contribution in [3.8, 4) is 16.3 Å². The van der Waals surface area contributed by atoms with Gasteiger partial charge in [-0.15, -0.1) is 11.3 Å². The van der Waals surface area contributed by atoms with Gasteiger partial charge in [-0.1, -0.05) is 18.2 Å². The van der Waals surface area contributed by atoms with Crippen LogP contribution in [0.25, 0.3) is 10.6 Å². The Morgan fingerprint density at radius 2 is 2.08 bits per heavy atom. The highest BCUT2D eigenvalue weighted by atomic mass is 32.1. The molecule has 0 saturated carbocycles. The number of thiophene rings is 1. The van der Waals surface area contributed by atoms with E-state index in [4.69, 9.17) is 4.74 Å². The van der Waals surface area contributed by atoms with Crippen LogP contribution in [0, 0.1) is 0 Å². The third-order valence-electron chi connectivity index (χ3n) is 3.57. The number of anilines is 1. The maximum atomic E-state index is 9.25. The number of aromatic nitrogens is 2. The van der Waals surface area contributed by atoms with Crippen LogP contribution in [0.1, 0.15) is 12.5 Å². The molecule has 24 heavy (non-hydrogen) atoms. The first-order valence-corrected chi connectivity index (χ1v) is 8.86. The van der Waals surface area contributed by atoms with Crippen molar-refractivity contribution in [2.45, 2.75) is 20.0 Å². The van der Waals surface area contributed by atoms with Gasteiger partial charge in [0.25, 0.3) is 0 Å². The van der Waals surface area contributed by atoms with E-state index in [1.165, 1.54) is 0 Å². The summed E-state index contributed by atoms with van der Waals surface area (Å²) in [6.45, 7) is 3.86. The normalized spacial score (nSPS) is 10.8. The Hall–Kier alpha value is -2.31. The van der Waals surface area contributed by atoms with E-state index >= 15 is 0 Å². The fraction of sp³-hybridized carbons (Fsp3) is 0.278. The lowest BCUT2D eigenvalue weighted by atomic mass is 10.2. The van der Waals surface area contributed by atoms with Gasteiger partial charge in [-0.3, -0.25) is 0 Å². The van der Waals surface area contributed by atoms with E-state index in [1.54, 1.807) is 11.3 Å². The number of aliphatic hydroxyl groups excluding tert-OH is 1. The largest absolute Gasteiger partial charge is 0.494 e. The van der Waals surface area contributed by atoms with Gasteiger partial charge in [0.05, 0.1) is 24.6 Å². The van der Waals surface area contributed by atoms with E-state index in [0.717, 1.165) is 27.7 Å². The molecule has 0 fully saturated rings. The number of hydrogen-bond acceptors (Lipinski definition) is 5. The fourth-order valence-corrected chi connectivity index (χ4v) is 3.11. The topological polar surface area (TPSA) is 59.3 Å². The van der Waals surface area contributed by atoms with Crippen molar-refractivity contribution in [3.63, 3.8) is 0 Å². The maximum absolute atomic E-state index is 9.25. The lowest BCUT2D eigenvalue weighted by Crippen LogP contribution is -2.10. The fourth-order valence-electron chi connectivity index (χ4n) is 2.43. The van der Waals surface area contributed by atoms with Crippen LogP contribution in [0.2, 0.25) is 0 Å². The summed E-state index contributed by atoms with van der Waals surface area (Å²) in [4.78, 5) is 1.12. The Morgan fingerprint density at radius 3 is 2.75 bits per heavy atom. The molecule has 1 aromatic carbocycles. The highest BCUT2D eigenvalue weighted by Gasteiger charge is 2.10. The van der Waals surface area contributed by atoms with Crippen LogP contribution in [-0.4, -0.2) is 28.1 Å². The first-order valence-electron chi connectivity index (χ1n) is 7.98. The van der Waals surface area contributed by atoms with Crippen molar-refractivity contribution in [2.24, 2.45) is 0 Å². The van der Waals surface area contributed by atoms with Gasteiger partial charge in [0.1, 0.15) is 17.3 Å². The molecule has 0 spiro atoms. The van der Waals surface area contributed by atoms with E-state index < -0.39 is 0 Å².